The Morgan fingerprint density at radius 3 is 2.18 bits per heavy atom. The molecule has 1 aromatic rings. The molecule has 11 heavy (non-hydrogen) atoms. The van der Waals surface area contributed by atoms with Gasteiger partial charge < -0.3 is 0 Å². The smallest absolute Gasteiger partial charge is 0.205 e. The van der Waals surface area contributed by atoms with Crippen LogP contribution in [0.15, 0.2) is 18.2 Å². The summed E-state index contributed by atoms with van der Waals surface area (Å²) < 4.78 is 24.2. The van der Waals surface area contributed by atoms with Crippen LogP contribution in [0.1, 0.15) is 23.1 Å². The molecule has 0 amide bonds. The quantitative estimate of drug-likeness (QED) is 0.585. The van der Waals surface area contributed by atoms with Crippen LogP contribution in [0.2, 0.25) is 0 Å². The van der Waals surface area contributed by atoms with Gasteiger partial charge in [-0.05, 0) is 25.0 Å². The SMILES string of the molecule is Cc1ccc(C(F)F)cc1C. The summed E-state index contributed by atoms with van der Waals surface area (Å²) in [4.78, 5) is 0. The molecule has 0 atom stereocenters. The highest BCUT2D eigenvalue weighted by Gasteiger charge is 2.06. The molecule has 0 bridgehead atoms. The molecule has 0 aliphatic heterocycles. The zero-order valence-electron chi connectivity index (χ0n) is 6.57. The van der Waals surface area contributed by atoms with Gasteiger partial charge in [0.05, 0.1) is 0 Å². The molecule has 2 heteroatoms. The van der Waals surface area contributed by atoms with Crippen molar-refractivity contribution in [2.45, 2.75) is 20.3 Å². The molecule has 0 fully saturated rings. The minimum atomic E-state index is -2.35. The zero-order chi connectivity index (χ0) is 8.43. The first-order valence-corrected chi connectivity index (χ1v) is 3.46. The Morgan fingerprint density at radius 2 is 1.73 bits per heavy atom. The Bertz CT molecular complexity index is 254. The second kappa shape index (κ2) is 2.99. The van der Waals surface area contributed by atoms with E-state index in [0.29, 0.717) is 0 Å². The maximum atomic E-state index is 12.1. The third-order valence-electron chi connectivity index (χ3n) is 1.78. The molecular formula is C9H10F2. The number of hydrogen-bond acceptors (Lipinski definition) is 0. The van der Waals surface area contributed by atoms with E-state index in [-0.39, 0.29) is 5.56 Å². The molecule has 0 aliphatic rings. The van der Waals surface area contributed by atoms with Crippen LogP contribution in [-0.4, -0.2) is 0 Å². The van der Waals surface area contributed by atoms with E-state index in [1.165, 1.54) is 12.1 Å². The van der Waals surface area contributed by atoms with Crippen molar-refractivity contribution in [3.05, 3.63) is 34.9 Å². The predicted octanol–water partition coefficient (Wildman–Crippen LogP) is 3.24. The lowest BCUT2D eigenvalue weighted by Gasteiger charge is -2.02. The number of hydrogen-bond donors (Lipinski definition) is 0. The largest absolute Gasteiger partial charge is 0.263 e. The van der Waals surface area contributed by atoms with Gasteiger partial charge in [-0.3, -0.25) is 0 Å². The first-order chi connectivity index (χ1) is 5.11. The van der Waals surface area contributed by atoms with Crippen LogP contribution in [0.3, 0.4) is 0 Å². The second-order valence-electron chi connectivity index (χ2n) is 2.64. The molecule has 0 nitrogen and oxygen atoms in total. The lowest BCUT2D eigenvalue weighted by molar-refractivity contribution is 0.151. The van der Waals surface area contributed by atoms with Crippen molar-refractivity contribution in [3.8, 4) is 0 Å². The Kier molecular flexibility index (Phi) is 2.22. The van der Waals surface area contributed by atoms with Gasteiger partial charge in [0.1, 0.15) is 0 Å². The summed E-state index contributed by atoms with van der Waals surface area (Å²) in [6.45, 7) is 3.74. The van der Waals surface area contributed by atoms with E-state index in [1.807, 2.05) is 13.8 Å². The average Bonchev–Trinajstić information content (AvgIpc) is 1.94. The maximum Gasteiger partial charge on any atom is 0.263 e. The zero-order valence-corrected chi connectivity index (χ0v) is 6.57. The highest BCUT2D eigenvalue weighted by atomic mass is 19.3. The third-order valence-corrected chi connectivity index (χ3v) is 1.78. The van der Waals surface area contributed by atoms with Crippen molar-refractivity contribution in [1.29, 1.82) is 0 Å². The molecule has 0 saturated carbocycles. The van der Waals surface area contributed by atoms with Crippen LogP contribution < -0.4 is 0 Å². The molecule has 0 heterocycles. The summed E-state index contributed by atoms with van der Waals surface area (Å²) in [6.07, 6.45) is -2.35. The Labute approximate surface area is 64.9 Å². The molecule has 60 valence electrons. The number of benzene rings is 1. The summed E-state index contributed by atoms with van der Waals surface area (Å²) in [7, 11) is 0. The minimum Gasteiger partial charge on any atom is -0.205 e. The summed E-state index contributed by atoms with van der Waals surface area (Å²) in [5.74, 6) is 0. The molecule has 0 unspecified atom stereocenters. The molecule has 0 aromatic heterocycles. The highest BCUT2D eigenvalue weighted by Crippen LogP contribution is 2.20. The monoisotopic (exact) mass is 156 g/mol. The Morgan fingerprint density at radius 1 is 1.09 bits per heavy atom. The standard InChI is InChI=1S/C9H10F2/c1-6-3-4-8(9(10)11)5-7(6)2/h3-5,9H,1-2H3. The van der Waals surface area contributed by atoms with E-state index in [1.54, 1.807) is 6.07 Å². The van der Waals surface area contributed by atoms with Crippen LogP contribution in [0.5, 0.6) is 0 Å². The fraction of sp³-hybridized carbons (Fsp3) is 0.333. The normalized spacial score (nSPS) is 10.6. The topological polar surface area (TPSA) is 0 Å². The number of halogens is 2. The van der Waals surface area contributed by atoms with Gasteiger partial charge in [0.25, 0.3) is 6.43 Å². The molecule has 0 aliphatic carbocycles. The van der Waals surface area contributed by atoms with E-state index < -0.39 is 6.43 Å². The van der Waals surface area contributed by atoms with Crippen molar-refractivity contribution >= 4 is 0 Å². The molecule has 0 N–H and O–H groups in total. The van der Waals surface area contributed by atoms with E-state index in [0.717, 1.165) is 11.1 Å². The average molecular weight is 156 g/mol. The van der Waals surface area contributed by atoms with Gasteiger partial charge in [-0.2, -0.15) is 0 Å². The van der Waals surface area contributed by atoms with Crippen LogP contribution in [0.4, 0.5) is 8.78 Å². The van der Waals surface area contributed by atoms with Crippen LogP contribution in [-0.2, 0) is 0 Å². The van der Waals surface area contributed by atoms with Crippen LogP contribution in [0, 0.1) is 13.8 Å². The van der Waals surface area contributed by atoms with Crippen molar-refractivity contribution in [2.24, 2.45) is 0 Å². The highest BCUT2D eigenvalue weighted by molar-refractivity contribution is 5.30. The van der Waals surface area contributed by atoms with Crippen LogP contribution in [0.25, 0.3) is 0 Å². The molecule has 1 aromatic carbocycles. The van der Waals surface area contributed by atoms with Crippen molar-refractivity contribution in [1.82, 2.24) is 0 Å². The number of aryl methyl sites for hydroxylation is 2. The first-order valence-electron chi connectivity index (χ1n) is 3.46. The lowest BCUT2D eigenvalue weighted by atomic mass is 10.1. The lowest BCUT2D eigenvalue weighted by Crippen LogP contribution is -1.87. The van der Waals surface area contributed by atoms with Crippen molar-refractivity contribution in [3.63, 3.8) is 0 Å². The van der Waals surface area contributed by atoms with E-state index >= 15 is 0 Å². The fourth-order valence-corrected chi connectivity index (χ4v) is 0.900. The van der Waals surface area contributed by atoms with Gasteiger partial charge in [0.2, 0.25) is 0 Å². The Balaban J connectivity index is 3.05. The van der Waals surface area contributed by atoms with Gasteiger partial charge in [-0.15, -0.1) is 0 Å². The van der Waals surface area contributed by atoms with Crippen molar-refractivity contribution in [2.75, 3.05) is 0 Å². The summed E-state index contributed by atoms with van der Waals surface area (Å²) in [5, 5.41) is 0. The molecule has 0 saturated heterocycles. The molecule has 1 rings (SSSR count). The Hall–Kier alpha value is -0.920. The minimum absolute atomic E-state index is 0.105. The van der Waals surface area contributed by atoms with E-state index in [9.17, 15) is 8.78 Å². The van der Waals surface area contributed by atoms with Gasteiger partial charge >= 0.3 is 0 Å². The van der Waals surface area contributed by atoms with Crippen LogP contribution >= 0.6 is 0 Å². The van der Waals surface area contributed by atoms with Gasteiger partial charge in [-0.1, -0.05) is 18.2 Å². The van der Waals surface area contributed by atoms with Crippen molar-refractivity contribution < 1.29 is 8.78 Å². The van der Waals surface area contributed by atoms with Gasteiger partial charge in [-0.25, -0.2) is 8.78 Å². The third kappa shape index (κ3) is 1.76. The number of alkyl halides is 2. The number of rotatable bonds is 1. The summed E-state index contributed by atoms with van der Waals surface area (Å²) >= 11 is 0. The van der Waals surface area contributed by atoms with E-state index in [4.69, 9.17) is 0 Å². The predicted molar refractivity (Wildman–Crippen MR) is 40.9 cm³/mol. The fourth-order valence-electron chi connectivity index (χ4n) is 0.900. The van der Waals surface area contributed by atoms with Gasteiger partial charge in [0, 0.05) is 5.56 Å². The molecular weight excluding hydrogens is 146 g/mol. The van der Waals surface area contributed by atoms with E-state index in [2.05, 4.69) is 0 Å². The molecule has 0 spiro atoms. The maximum absolute atomic E-state index is 12.1. The second-order valence-corrected chi connectivity index (χ2v) is 2.64. The summed E-state index contributed by atoms with van der Waals surface area (Å²) in [5.41, 5.74) is 2.07. The van der Waals surface area contributed by atoms with Gasteiger partial charge in [0.15, 0.2) is 0 Å². The summed E-state index contributed by atoms with van der Waals surface area (Å²) in [6, 6.07) is 4.71. The first kappa shape index (κ1) is 8.18. The molecule has 0 radical (unpaired) electrons.